The van der Waals surface area contributed by atoms with E-state index in [1.165, 1.54) is 55.9 Å². The van der Waals surface area contributed by atoms with Crippen molar-refractivity contribution >= 4 is 11.4 Å². The SMILES string of the molecule is CN(C)c1ccc(-c2ccc3c(c2-c2ccc(N(C)C)cc2)Cc2ccccc2-3)cc1. The molecule has 0 bridgehead atoms. The highest BCUT2D eigenvalue weighted by Crippen LogP contribution is 2.46. The molecule has 0 amide bonds. The molecule has 4 aromatic carbocycles. The molecule has 2 heteroatoms. The lowest BCUT2D eigenvalue weighted by Crippen LogP contribution is -2.08. The number of rotatable bonds is 4. The molecule has 0 spiro atoms. The normalized spacial score (nSPS) is 11.7. The fourth-order valence-electron chi connectivity index (χ4n) is 4.65. The number of nitrogens with zero attached hydrogens (tertiary/aromatic N) is 2. The Balaban J connectivity index is 1.71. The summed E-state index contributed by atoms with van der Waals surface area (Å²) in [6.07, 6.45) is 0.986. The van der Waals surface area contributed by atoms with Gasteiger partial charge in [0.1, 0.15) is 0 Å². The van der Waals surface area contributed by atoms with Crippen molar-refractivity contribution in [2.75, 3.05) is 38.0 Å². The molecule has 0 fully saturated rings. The zero-order valence-corrected chi connectivity index (χ0v) is 18.7. The summed E-state index contributed by atoms with van der Waals surface area (Å²) in [6.45, 7) is 0. The summed E-state index contributed by atoms with van der Waals surface area (Å²) < 4.78 is 0. The van der Waals surface area contributed by atoms with Crippen molar-refractivity contribution in [2.45, 2.75) is 6.42 Å². The number of hydrogen-bond acceptors (Lipinski definition) is 2. The van der Waals surface area contributed by atoms with Crippen LogP contribution >= 0.6 is 0 Å². The van der Waals surface area contributed by atoms with Gasteiger partial charge in [-0.3, -0.25) is 0 Å². The molecular weight excluding hydrogens is 376 g/mol. The Morgan fingerprint density at radius 1 is 0.516 bits per heavy atom. The standard InChI is InChI=1S/C29H28N2/c1-30(2)23-13-9-20(10-14-23)26-17-18-27-25-8-6-5-7-22(25)19-28(27)29(26)21-11-15-24(16-12-21)31(3)4/h5-18H,19H2,1-4H3. The van der Waals surface area contributed by atoms with Crippen molar-refractivity contribution in [1.82, 2.24) is 0 Å². The predicted molar refractivity (Wildman–Crippen MR) is 134 cm³/mol. The number of anilines is 2. The molecule has 5 rings (SSSR count). The fourth-order valence-corrected chi connectivity index (χ4v) is 4.65. The Morgan fingerprint density at radius 3 is 1.68 bits per heavy atom. The van der Waals surface area contributed by atoms with Crippen LogP contribution in [0.4, 0.5) is 11.4 Å². The van der Waals surface area contributed by atoms with Gasteiger partial charge >= 0.3 is 0 Å². The molecule has 0 saturated heterocycles. The maximum Gasteiger partial charge on any atom is 0.0361 e. The summed E-state index contributed by atoms with van der Waals surface area (Å²) in [5.74, 6) is 0. The van der Waals surface area contributed by atoms with Crippen molar-refractivity contribution in [3.05, 3.63) is 96.1 Å². The van der Waals surface area contributed by atoms with Gasteiger partial charge < -0.3 is 9.80 Å². The minimum Gasteiger partial charge on any atom is -0.378 e. The molecule has 0 heterocycles. The first-order chi connectivity index (χ1) is 15.0. The summed E-state index contributed by atoms with van der Waals surface area (Å²) in [7, 11) is 8.34. The molecule has 0 aliphatic heterocycles. The highest BCUT2D eigenvalue weighted by molar-refractivity contribution is 5.94. The molecule has 0 unspecified atom stereocenters. The average molecular weight is 405 g/mol. The number of benzene rings is 4. The van der Waals surface area contributed by atoms with E-state index in [0.29, 0.717) is 0 Å². The van der Waals surface area contributed by atoms with Crippen LogP contribution in [0.1, 0.15) is 11.1 Å². The van der Waals surface area contributed by atoms with E-state index in [1.807, 2.05) is 0 Å². The third kappa shape index (κ3) is 3.38. The Hall–Kier alpha value is -3.52. The first-order valence-electron chi connectivity index (χ1n) is 10.8. The van der Waals surface area contributed by atoms with Crippen LogP contribution in [0.15, 0.2) is 84.9 Å². The van der Waals surface area contributed by atoms with Crippen LogP contribution in [0.2, 0.25) is 0 Å². The van der Waals surface area contributed by atoms with Crippen LogP contribution in [0, 0.1) is 0 Å². The van der Waals surface area contributed by atoms with Gasteiger partial charge in [0, 0.05) is 39.6 Å². The van der Waals surface area contributed by atoms with Gasteiger partial charge in [-0.25, -0.2) is 0 Å². The molecule has 0 radical (unpaired) electrons. The summed E-state index contributed by atoms with van der Waals surface area (Å²) in [4.78, 5) is 4.29. The largest absolute Gasteiger partial charge is 0.378 e. The number of fused-ring (bicyclic) bond motifs is 3. The first kappa shape index (κ1) is 19.4. The Morgan fingerprint density at radius 2 is 1.06 bits per heavy atom. The van der Waals surface area contributed by atoms with Crippen LogP contribution in [-0.2, 0) is 6.42 Å². The zero-order chi connectivity index (χ0) is 21.5. The van der Waals surface area contributed by atoms with Gasteiger partial charge in [0.2, 0.25) is 0 Å². The molecule has 31 heavy (non-hydrogen) atoms. The summed E-state index contributed by atoms with van der Waals surface area (Å²) in [6, 6.07) is 31.3. The molecule has 154 valence electrons. The van der Waals surface area contributed by atoms with Crippen LogP contribution in [0.5, 0.6) is 0 Å². The van der Waals surface area contributed by atoms with Crippen molar-refractivity contribution < 1.29 is 0 Å². The van der Waals surface area contributed by atoms with Gasteiger partial charge in [0.05, 0.1) is 0 Å². The minimum atomic E-state index is 0.986. The monoisotopic (exact) mass is 404 g/mol. The van der Waals surface area contributed by atoms with Gasteiger partial charge in [0.25, 0.3) is 0 Å². The first-order valence-corrected chi connectivity index (χ1v) is 10.8. The Kier molecular flexibility index (Phi) is 4.78. The van der Waals surface area contributed by atoms with Crippen molar-refractivity contribution in [3.63, 3.8) is 0 Å². The smallest absolute Gasteiger partial charge is 0.0361 e. The zero-order valence-electron chi connectivity index (χ0n) is 18.7. The van der Waals surface area contributed by atoms with E-state index in [4.69, 9.17) is 0 Å². The average Bonchev–Trinajstić information content (AvgIpc) is 3.17. The quantitative estimate of drug-likeness (QED) is 0.328. The molecule has 0 saturated carbocycles. The molecular formula is C29H28N2. The van der Waals surface area contributed by atoms with Crippen molar-refractivity contribution in [1.29, 1.82) is 0 Å². The van der Waals surface area contributed by atoms with E-state index in [2.05, 4.69) is 123 Å². The van der Waals surface area contributed by atoms with Crippen LogP contribution in [-0.4, -0.2) is 28.2 Å². The second-order valence-electron chi connectivity index (χ2n) is 8.73. The van der Waals surface area contributed by atoms with E-state index >= 15 is 0 Å². The van der Waals surface area contributed by atoms with E-state index < -0.39 is 0 Å². The van der Waals surface area contributed by atoms with Gasteiger partial charge in [-0.1, -0.05) is 60.7 Å². The Bertz CT molecular complexity index is 1230. The van der Waals surface area contributed by atoms with Crippen molar-refractivity contribution in [2.24, 2.45) is 0 Å². The molecule has 2 nitrogen and oxygen atoms in total. The molecule has 0 aromatic heterocycles. The van der Waals surface area contributed by atoms with E-state index in [1.54, 1.807) is 0 Å². The lowest BCUT2D eigenvalue weighted by Gasteiger charge is -2.19. The third-order valence-corrected chi connectivity index (χ3v) is 6.35. The minimum absolute atomic E-state index is 0.986. The molecule has 1 aliphatic rings. The van der Waals surface area contributed by atoms with Crippen LogP contribution < -0.4 is 9.80 Å². The fraction of sp³-hybridized carbons (Fsp3) is 0.172. The topological polar surface area (TPSA) is 6.48 Å². The molecule has 0 atom stereocenters. The number of hydrogen-bond donors (Lipinski definition) is 0. The lowest BCUT2D eigenvalue weighted by atomic mass is 9.88. The second-order valence-corrected chi connectivity index (χ2v) is 8.73. The van der Waals surface area contributed by atoms with E-state index in [-0.39, 0.29) is 0 Å². The molecule has 1 aliphatic carbocycles. The van der Waals surface area contributed by atoms with Crippen LogP contribution in [0.25, 0.3) is 33.4 Å². The Labute approximate surface area is 185 Å². The van der Waals surface area contributed by atoms with Gasteiger partial charge in [-0.2, -0.15) is 0 Å². The van der Waals surface area contributed by atoms with Gasteiger partial charge in [0.15, 0.2) is 0 Å². The maximum absolute atomic E-state index is 2.31. The lowest BCUT2D eigenvalue weighted by molar-refractivity contribution is 1.13. The molecule has 0 N–H and O–H groups in total. The maximum atomic E-state index is 2.31. The second kappa shape index (κ2) is 7.63. The third-order valence-electron chi connectivity index (χ3n) is 6.35. The van der Waals surface area contributed by atoms with Crippen molar-refractivity contribution in [3.8, 4) is 33.4 Å². The van der Waals surface area contributed by atoms with Crippen LogP contribution in [0.3, 0.4) is 0 Å². The van der Waals surface area contributed by atoms with E-state index in [0.717, 1.165) is 6.42 Å². The summed E-state index contributed by atoms with van der Waals surface area (Å²) in [5.41, 5.74) is 13.2. The highest BCUT2D eigenvalue weighted by atomic mass is 15.1. The van der Waals surface area contributed by atoms with Gasteiger partial charge in [-0.15, -0.1) is 0 Å². The predicted octanol–water partition coefficient (Wildman–Crippen LogP) is 6.72. The van der Waals surface area contributed by atoms with Gasteiger partial charge in [-0.05, 0) is 75.2 Å². The summed E-state index contributed by atoms with van der Waals surface area (Å²) in [5, 5.41) is 0. The summed E-state index contributed by atoms with van der Waals surface area (Å²) >= 11 is 0. The van der Waals surface area contributed by atoms with E-state index in [9.17, 15) is 0 Å². The highest BCUT2D eigenvalue weighted by Gasteiger charge is 2.24. The molecule has 4 aromatic rings.